The molecule has 0 spiro atoms. The Morgan fingerprint density at radius 3 is 2.46 bits per heavy atom. The van der Waals surface area contributed by atoms with Crippen LogP contribution in [0.4, 0.5) is 9.18 Å². The minimum Gasteiger partial charge on any atom is -0.337 e. The summed E-state index contributed by atoms with van der Waals surface area (Å²) in [5.74, 6) is 0.278. The summed E-state index contributed by atoms with van der Waals surface area (Å²) in [6, 6.07) is 15.0. The molecule has 2 N–H and O–H groups in total. The largest absolute Gasteiger partial charge is 0.337 e. The predicted molar refractivity (Wildman–Crippen MR) is 85.2 cm³/mol. The lowest BCUT2D eigenvalue weighted by atomic mass is 10.2. The molecule has 1 aromatic heterocycles. The Hall–Kier alpha value is -3.22. The van der Waals surface area contributed by atoms with Crippen molar-refractivity contribution in [1.29, 1.82) is 0 Å². The number of rotatable bonds is 5. The van der Waals surface area contributed by atoms with Gasteiger partial charge < -0.3 is 15.2 Å². The van der Waals surface area contributed by atoms with Crippen molar-refractivity contribution in [2.75, 3.05) is 0 Å². The van der Waals surface area contributed by atoms with E-state index in [2.05, 4.69) is 20.8 Å². The number of aromatic nitrogens is 2. The number of halogens is 1. The molecule has 0 bridgehead atoms. The first-order chi connectivity index (χ1) is 11.7. The summed E-state index contributed by atoms with van der Waals surface area (Å²) in [6.45, 7) is 0.534. The van der Waals surface area contributed by atoms with Crippen LogP contribution in [0.5, 0.6) is 0 Å². The second kappa shape index (κ2) is 7.36. The van der Waals surface area contributed by atoms with Gasteiger partial charge in [-0.15, -0.1) is 0 Å². The molecule has 2 aromatic carbocycles. The Labute approximate surface area is 137 Å². The van der Waals surface area contributed by atoms with Gasteiger partial charge in [-0.3, -0.25) is 0 Å². The maximum atomic E-state index is 12.9. The van der Waals surface area contributed by atoms with Crippen LogP contribution >= 0.6 is 0 Å². The summed E-state index contributed by atoms with van der Waals surface area (Å²) in [6.07, 6.45) is 0. The quantitative estimate of drug-likeness (QED) is 0.755. The van der Waals surface area contributed by atoms with Gasteiger partial charge in [-0.05, 0) is 29.8 Å². The number of amides is 2. The average Bonchev–Trinajstić information content (AvgIpc) is 3.09. The van der Waals surface area contributed by atoms with Gasteiger partial charge in [-0.1, -0.05) is 35.5 Å². The molecular weight excluding hydrogens is 311 g/mol. The summed E-state index contributed by atoms with van der Waals surface area (Å²) in [5, 5.41) is 9.18. The molecule has 7 heteroatoms. The molecule has 0 aliphatic rings. The second-order valence-corrected chi connectivity index (χ2v) is 5.04. The van der Waals surface area contributed by atoms with Gasteiger partial charge >= 0.3 is 6.03 Å². The molecule has 2 amide bonds. The topological polar surface area (TPSA) is 80.0 Å². The molecule has 0 radical (unpaired) electrons. The van der Waals surface area contributed by atoms with E-state index in [1.165, 1.54) is 12.1 Å². The molecule has 3 rings (SSSR count). The van der Waals surface area contributed by atoms with E-state index in [4.69, 9.17) is 4.52 Å². The van der Waals surface area contributed by atoms with Crippen molar-refractivity contribution in [2.24, 2.45) is 0 Å². The number of benzene rings is 2. The fourth-order valence-corrected chi connectivity index (χ4v) is 2.04. The number of carbonyl (C=O) groups excluding carboxylic acids is 1. The van der Waals surface area contributed by atoms with Crippen molar-refractivity contribution >= 4 is 6.03 Å². The van der Waals surface area contributed by atoms with E-state index in [1.54, 1.807) is 12.1 Å². The van der Waals surface area contributed by atoms with Gasteiger partial charge in [0.05, 0.1) is 6.54 Å². The van der Waals surface area contributed by atoms with Crippen molar-refractivity contribution in [1.82, 2.24) is 20.8 Å². The smallest absolute Gasteiger partial charge is 0.315 e. The van der Waals surface area contributed by atoms with Crippen molar-refractivity contribution in [3.8, 4) is 11.4 Å². The zero-order valence-corrected chi connectivity index (χ0v) is 12.7. The maximum absolute atomic E-state index is 12.9. The van der Waals surface area contributed by atoms with Gasteiger partial charge in [-0.25, -0.2) is 9.18 Å². The normalized spacial score (nSPS) is 10.4. The van der Waals surface area contributed by atoms with E-state index in [9.17, 15) is 9.18 Å². The Balaban J connectivity index is 1.50. The van der Waals surface area contributed by atoms with Crippen LogP contribution < -0.4 is 10.6 Å². The number of hydrogen-bond acceptors (Lipinski definition) is 4. The summed E-state index contributed by atoms with van der Waals surface area (Å²) in [5.41, 5.74) is 1.64. The lowest BCUT2D eigenvalue weighted by Gasteiger charge is -2.05. The molecule has 0 saturated heterocycles. The molecule has 0 aliphatic heterocycles. The monoisotopic (exact) mass is 326 g/mol. The molecule has 0 atom stereocenters. The Kier molecular flexibility index (Phi) is 4.81. The van der Waals surface area contributed by atoms with Crippen molar-refractivity contribution in [3.63, 3.8) is 0 Å². The number of urea groups is 1. The highest BCUT2D eigenvalue weighted by Crippen LogP contribution is 2.15. The number of hydrogen-bond donors (Lipinski definition) is 2. The van der Waals surface area contributed by atoms with E-state index in [-0.39, 0.29) is 24.3 Å². The van der Waals surface area contributed by atoms with Crippen LogP contribution in [0, 0.1) is 5.82 Å². The van der Waals surface area contributed by atoms with E-state index >= 15 is 0 Å². The van der Waals surface area contributed by atoms with Crippen LogP contribution in [0.1, 0.15) is 11.5 Å². The number of carbonyl (C=O) groups is 1. The Morgan fingerprint density at radius 1 is 1.00 bits per heavy atom. The molecule has 122 valence electrons. The minimum absolute atomic E-state index is 0.106. The molecule has 0 saturated carbocycles. The maximum Gasteiger partial charge on any atom is 0.315 e. The van der Waals surface area contributed by atoms with Gasteiger partial charge in [0, 0.05) is 12.1 Å². The average molecular weight is 326 g/mol. The SMILES string of the molecule is O=C(NCc1ccccc1)NCc1nc(-c2ccc(F)cc2)no1. The standard InChI is InChI=1S/C17H15FN4O2/c18-14-8-6-13(7-9-14)16-21-15(24-22-16)11-20-17(23)19-10-12-4-2-1-3-5-12/h1-9H,10-11H2,(H2,19,20,23). The van der Waals surface area contributed by atoms with Crippen LogP contribution in [-0.4, -0.2) is 16.2 Å². The molecular formula is C17H15FN4O2. The minimum atomic E-state index is -0.334. The van der Waals surface area contributed by atoms with E-state index < -0.39 is 0 Å². The van der Waals surface area contributed by atoms with Crippen molar-refractivity contribution in [3.05, 3.63) is 71.9 Å². The van der Waals surface area contributed by atoms with Gasteiger partial charge in [0.25, 0.3) is 0 Å². The third-order valence-electron chi connectivity index (χ3n) is 3.27. The van der Waals surface area contributed by atoms with Crippen LogP contribution in [-0.2, 0) is 13.1 Å². The highest BCUT2D eigenvalue weighted by atomic mass is 19.1. The lowest BCUT2D eigenvalue weighted by molar-refractivity contribution is 0.238. The first-order valence-electron chi connectivity index (χ1n) is 7.35. The molecule has 24 heavy (non-hydrogen) atoms. The fourth-order valence-electron chi connectivity index (χ4n) is 2.04. The molecule has 0 aliphatic carbocycles. The van der Waals surface area contributed by atoms with E-state index in [0.717, 1.165) is 5.56 Å². The highest BCUT2D eigenvalue weighted by Gasteiger charge is 2.09. The first kappa shape index (κ1) is 15.7. The molecule has 0 unspecified atom stereocenters. The lowest BCUT2D eigenvalue weighted by Crippen LogP contribution is -2.34. The molecule has 6 nitrogen and oxygen atoms in total. The van der Waals surface area contributed by atoms with Crippen molar-refractivity contribution < 1.29 is 13.7 Å². The molecule has 3 aromatic rings. The third-order valence-corrected chi connectivity index (χ3v) is 3.27. The Bertz CT molecular complexity index is 803. The summed E-state index contributed by atoms with van der Waals surface area (Å²) < 4.78 is 18.0. The second-order valence-electron chi connectivity index (χ2n) is 5.04. The van der Waals surface area contributed by atoms with Crippen LogP contribution in [0.3, 0.4) is 0 Å². The zero-order chi connectivity index (χ0) is 16.8. The number of nitrogens with one attached hydrogen (secondary N) is 2. The molecule has 0 fully saturated rings. The fraction of sp³-hybridized carbons (Fsp3) is 0.118. The summed E-state index contributed by atoms with van der Waals surface area (Å²) in [7, 11) is 0. The van der Waals surface area contributed by atoms with Crippen LogP contribution in [0.2, 0.25) is 0 Å². The third kappa shape index (κ3) is 4.16. The van der Waals surface area contributed by atoms with Crippen LogP contribution in [0.25, 0.3) is 11.4 Å². The van der Waals surface area contributed by atoms with Gasteiger partial charge in [0.15, 0.2) is 0 Å². The molecule has 1 heterocycles. The van der Waals surface area contributed by atoms with Crippen molar-refractivity contribution in [2.45, 2.75) is 13.1 Å². The summed E-state index contributed by atoms with van der Waals surface area (Å²) in [4.78, 5) is 15.9. The van der Waals surface area contributed by atoms with Crippen LogP contribution in [0.15, 0.2) is 59.1 Å². The Morgan fingerprint density at radius 2 is 1.71 bits per heavy atom. The van der Waals surface area contributed by atoms with Gasteiger partial charge in [0.2, 0.25) is 11.7 Å². The van der Waals surface area contributed by atoms with Gasteiger partial charge in [0.1, 0.15) is 5.82 Å². The number of nitrogens with zero attached hydrogens (tertiary/aromatic N) is 2. The van der Waals surface area contributed by atoms with E-state index in [1.807, 2.05) is 30.3 Å². The highest BCUT2D eigenvalue weighted by molar-refractivity contribution is 5.73. The zero-order valence-electron chi connectivity index (χ0n) is 12.7. The first-order valence-corrected chi connectivity index (χ1v) is 7.35. The summed E-state index contributed by atoms with van der Waals surface area (Å²) >= 11 is 0. The van der Waals surface area contributed by atoms with E-state index in [0.29, 0.717) is 17.9 Å². The van der Waals surface area contributed by atoms with Gasteiger partial charge in [-0.2, -0.15) is 4.98 Å². The predicted octanol–water partition coefficient (Wildman–Crippen LogP) is 2.88.